The van der Waals surface area contributed by atoms with E-state index in [0.717, 1.165) is 27.8 Å². The highest BCUT2D eigenvalue weighted by molar-refractivity contribution is 5.68. The lowest BCUT2D eigenvalue weighted by molar-refractivity contribution is -0.386. The van der Waals surface area contributed by atoms with Gasteiger partial charge in [0.25, 0.3) is 0 Å². The molecule has 0 atom stereocenters. The summed E-state index contributed by atoms with van der Waals surface area (Å²) in [4.78, 5) is 11.2. The molecule has 0 bridgehead atoms. The van der Waals surface area contributed by atoms with Gasteiger partial charge in [0.1, 0.15) is 6.61 Å². The quantitative estimate of drug-likeness (QED) is 0.375. The van der Waals surface area contributed by atoms with E-state index in [9.17, 15) is 15.2 Å². The van der Waals surface area contributed by atoms with Crippen LogP contribution < -0.4 is 10.1 Å². The zero-order chi connectivity index (χ0) is 22.4. The van der Waals surface area contributed by atoms with Crippen LogP contribution in [0.4, 0.5) is 5.69 Å². The van der Waals surface area contributed by atoms with E-state index >= 15 is 0 Å². The number of ether oxygens (including phenoxy) is 1. The van der Waals surface area contributed by atoms with Crippen LogP contribution in [-0.2, 0) is 13.2 Å². The van der Waals surface area contributed by atoms with Crippen molar-refractivity contribution in [3.05, 3.63) is 93.5 Å². The van der Waals surface area contributed by atoms with E-state index in [0.29, 0.717) is 13.1 Å². The third-order valence-corrected chi connectivity index (χ3v) is 5.02. The van der Waals surface area contributed by atoms with Crippen LogP contribution in [0, 0.1) is 17.0 Å². The van der Waals surface area contributed by atoms with E-state index in [2.05, 4.69) is 23.5 Å². The first-order valence-electron chi connectivity index (χ1n) is 10.2. The second-order valence-corrected chi connectivity index (χ2v) is 8.22. The molecule has 3 rings (SSSR count). The second kappa shape index (κ2) is 9.73. The van der Waals surface area contributed by atoms with Crippen LogP contribution in [0.15, 0.2) is 66.7 Å². The molecule has 0 aromatic heterocycles. The van der Waals surface area contributed by atoms with Crippen molar-refractivity contribution in [2.24, 2.45) is 0 Å². The number of hydrogen-bond donors (Lipinski definition) is 2. The molecule has 0 aliphatic rings. The summed E-state index contributed by atoms with van der Waals surface area (Å²) in [5, 5.41) is 24.5. The Morgan fingerprint density at radius 1 is 1.06 bits per heavy atom. The Kier molecular flexibility index (Phi) is 7.05. The molecule has 0 unspecified atom stereocenters. The van der Waals surface area contributed by atoms with Crippen LogP contribution in [0.3, 0.4) is 0 Å². The zero-order valence-corrected chi connectivity index (χ0v) is 18.1. The van der Waals surface area contributed by atoms with Crippen molar-refractivity contribution in [1.29, 1.82) is 0 Å². The Bertz CT molecular complexity index is 1040. The fourth-order valence-electron chi connectivity index (χ4n) is 3.38. The number of nitro benzene ring substituents is 1. The van der Waals surface area contributed by atoms with E-state index in [-0.39, 0.29) is 18.0 Å². The van der Waals surface area contributed by atoms with Crippen LogP contribution in [0.5, 0.6) is 5.75 Å². The summed E-state index contributed by atoms with van der Waals surface area (Å²) in [6.07, 6.45) is 0. The summed E-state index contributed by atoms with van der Waals surface area (Å²) in [6.45, 7) is 6.48. The number of rotatable bonds is 9. The van der Waals surface area contributed by atoms with Gasteiger partial charge in [-0.3, -0.25) is 10.1 Å². The van der Waals surface area contributed by atoms with Crippen molar-refractivity contribution >= 4 is 5.69 Å². The lowest BCUT2D eigenvalue weighted by Crippen LogP contribution is -2.34. The van der Waals surface area contributed by atoms with Gasteiger partial charge in [-0.2, -0.15) is 0 Å². The summed E-state index contributed by atoms with van der Waals surface area (Å²) < 4.78 is 5.87. The molecule has 0 spiro atoms. The van der Waals surface area contributed by atoms with Gasteiger partial charge in [-0.1, -0.05) is 54.6 Å². The van der Waals surface area contributed by atoms with Gasteiger partial charge in [-0.05, 0) is 54.7 Å². The van der Waals surface area contributed by atoms with Crippen molar-refractivity contribution in [3.63, 3.8) is 0 Å². The highest BCUT2D eigenvalue weighted by Crippen LogP contribution is 2.30. The highest BCUT2D eigenvalue weighted by Gasteiger charge is 2.18. The van der Waals surface area contributed by atoms with Crippen LogP contribution in [0.25, 0.3) is 11.1 Å². The van der Waals surface area contributed by atoms with Crippen molar-refractivity contribution in [1.82, 2.24) is 5.32 Å². The largest absolute Gasteiger partial charge is 0.482 e. The molecule has 0 radical (unpaired) electrons. The van der Waals surface area contributed by atoms with Crippen molar-refractivity contribution < 1.29 is 14.8 Å². The highest BCUT2D eigenvalue weighted by atomic mass is 16.6. The number of nitro groups is 1. The van der Waals surface area contributed by atoms with E-state index in [1.807, 2.05) is 37.3 Å². The summed E-state index contributed by atoms with van der Waals surface area (Å²) in [6, 6.07) is 21.1. The molecule has 0 aliphatic carbocycles. The first-order valence-corrected chi connectivity index (χ1v) is 10.2. The van der Waals surface area contributed by atoms with E-state index < -0.39 is 10.5 Å². The van der Waals surface area contributed by atoms with E-state index in [1.165, 1.54) is 6.07 Å². The molecule has 0 aliphatic heterocycles. The molecule has 3 aromatic rings. The fraction of sp³-hybridized carbons (Fsp3) is 0.280. The van der Waals surface area contributed by atoms with Crippen LogP contribution in [0.1, 0.15) is 30.5 Å². The molecular weight excluding hydrogens is 392 g/mol. The van der Waals surface area contributed by atoms with Crippen LogP contribution >= 0.6 is 0 Å². The minimum atomic E-state index is -0.846. The first-order chi connectivity index (χ1) is 14.7. The molecule has 162 valence electrons. The van der Waals surface area contributed by atoms with E-state index in [4.69, 9.17) is 4.74 Å². The Hall–Kier alpha value is -3.22. The summed E-state index contributed by atoms with van der Waals surface area (Å²) in [7, 11) is 0. The maximum Gasteiger partial charge on any atom is 0.311 e. The number of benzene rings is 3. The van der Waals surface area contributed by atoms with Crippen LogP contribution in [-0.4, -0.2) is 22.2 Å². The number of hydrogen-bond acceptors (Lipinski definition) is 5. The third-order valence-electron chi connectivity index (χ3n) is 5.02. The third kappa shape index (κ3) is 6.13. The summed E-state index contributed by atoms with van der Waals surface area (Å²) in [5.41, 5.74) is 4.14. The second-order valence-electron chi connectivity index (χ2n) is 8.22. The van der Waals surface area contributed by atoms with Crippen molar-refractivity contribution in [3.8, 4) is 16.9 Å². The molecular formula is C25H28N2O4. The van der Waals surface area contributed by atoms with Gasteiger partial charge in [0, 0.05) is 19.2 Å². The average molecular weight is 421 g/mol. The maximum absolute atomic E-state index is 11.6. The molecule has 6 nitrogen and oxygen atoms in total. The summed E-state index contributed by atoms with van der Waals surface area (Å²) in [5.74, 6) is 0.237. The topological polar surface area (TPSA) is 84.6 Å². The predicted octanol–water partition coefficient (Wildman–Crippen LogP) is 5.01. The number of aliphatic hydroxyl groups is 1. The fourth-order valence-corrected chi connectivity index (χ4v) is 3.38. The minimum Gasteiger partial charge on any atom is -0.482 e. The van der Waals surface area contributed by atoms with Gasteiger partial charge in [0.05, 0.1) is 10.5 Å². The molecule has 6 heteroatoms. The standard InChI is InChI=1S/C25H28N2O4/c1-18-21(10-7-11-22(18)20-8-5-4-6-9-20)16-31-24-13-12-19(14-23(24)27(29)30)15-26-17-25(2,3)28/h4-14,26,28H,15-17H2,1-3H3. The van der Waals surface area contributed by atoms with Crippen molar-refractivity contribution in [2.45, 2.75) is 39.5 Å². The number of nitrogens with zero attached hydrogens (tertiary/aromatic N) is 1. The molecule has 0 fully saturated rings. The predicted molar refractivity (Wildman–Crippen MR) is 122 cm³/mol. The van der Waals surface area contributed by atoms with Gasteiger partial charge in [-0.25, -0.2) is 0 Å². The smallest absolute Gasteiger partial charge is 0.311 e. The van der Waals surface area contributed by atoms with Gasteiger partial charge >= 0.3 is 5.69 Å². The molecule has 0 heterocycles. The first kappa shape index (κ1) is 22.5. The Morgan fingerprint density at radius 3 is 2.48 bits per heavy atom. The van der Waals surface area contributed by atoms with Gasteiger partial charge < -0.3 is 15.2 Å². The molecule has 3 aromatic carbocycles. The molecule has 0 amide bonds. The van der Waals surface area contributed by atoms with E-state index in [1.54, 1.807) is 26.0 Å². The average Bonchev–Trinajstić information content (AvgIpc) is 2.73. The lowest BCUT2D eigenvalue weighted by Gasteiger charge is -2.17. The minimum absolute atomic E-state index is 0.0700. The zero-order valence-electron chi connectivity index (χ0n) is 18.1. The van der Waals surface area contributed by atoms with Crippen molar-refractivity contribution in [2.75, 3.05) is 6.54 Å². The van der Waals surface area contributed by atoms with Gasteiger partial charge in [0.15, 0.2) is 5.75 Å². The monoisotopic (exact) mass is 420 g/mol. The molecule has 0 saturated carbocycles. The maximum atomic E-state index is 11.6. The van der Waals surface area contributed by atoms with Gasteiger partial charge in [0.2, 0.25) is 0 Å². The number of nitrogens with one attached hydrogen (secondary N) is 1. The van der Waals surface area contributed by atoms with Crippen LogP contribution in [0.2, 0.25) is 0 Å². The SMILES string of the molecule is Cc1c(COc2ccc(CNCC(C)(C)O)cc2[N+](=O)[O-])cccc1-c1ccccc1. The Morgan fingerprint density at radius 2 is 1.81 bits per heavy atom. The lowest BCUT2D eigenvalue weighted by atomic mass is 9.97. The summed E-state index contributed by atoms with van der Waals surface area (Å²) >= 11 is 0. The molecule has 0 saturated heterocycles. The Labute approximate surface area is 182 Å². The Balaban J connectivity index is 1.75. The van der Waals surface area contributed by atoms with Gasteiger partial charge in [-0.15, -0.1) is 0 Å². The molecule has 2 N–H and O–H groups in total. The molecule has 31 heavy (non-hydrogen) atoms. The normalized spacial score (nSPS) is 11.4.